The summed E-state index contributed by atoms with van der Waals surface area (Å²) in [6.45, 7) is 1.03. The van der Waals surface area contributed by atoms with Crippen molar-refractivity contribution in [2.24, 2.45) is 0 Å². The fourth-order valence-electron chi connectivity index (χ4n) is 3.64. The largest absolute Gasteiger partial charge is 0.497 e. The van der Waals surface area contributed by atoms with Crippen molar-refractivity contribution in [2.45, 2.75) is 24.4 Å². The molecule has 3 aromatic rings. The monoisotopic (exact) mass is 563 g/mol. The Balaban J connectivity index is 2.04. The molecule has 37 heavy (non-hydrogen) atoms. The van der Waals surface area contributed by atoms with Crippen LogP contribution in [0.3, 0.4) is 0 Å². The van der Waals surface area contributed by atoms with Crippen molar-refractivity contribution in [1.82, 2.24) is 10.2 Å². The first-order valence-electron chi connectivity index (χ1n) is 11.2. The van der Waals surface area contributed by atoms with Gasteiger partial charge in [-0.25, -0.2) is 8.42 Å². The van der Waals surface area contributed by atoms with Crippen LogP contribution in [-0.2, 0) is 26.2 Å². The molecule has 1 atom stereocenters. The third-order valence-electron chi connectivity index (χ3n) is 5.71. The zero-order valence-corrected chi connectivity index (χ0v) is 22.8. The number of nitrogens with one attached hydrogen (secondary N) is 1. The molecule has 0 saturated carbocycles. The van der Waals surface area contributed by atoms with Gasteiger partial charge >= 0.3 is 0 Å². The number of carbonyl (C=O) groups is 2. The van der Waals surface area contributed by atoms with Crippen LogP contribution in [0, 0.1) is 0 Å². The average Bonchev–Trinajstić information content (AvgIpc) is 2.90. The molecule has 0 heterocycles. The second kappa shape index (κ2) is 12.3. The molecule has 0 fully saturated rings. The van der Waals surface area contributed by atoms with E-state index in [4.69, 9.17) is 27.9 Å². The number of likely N-dealkylation sites (N-methyl/N-ethyl adjacent to an activating group) is 1. The predicted octanol–water partition coefficient (Wildman–Crippen LogP) is 4.36. The summed E-state index contributed by atoms with van der Waals surface area (Å²) in [7, 11) is -1.20. The second-order valence-electron chi connectivity index (χ2n) is 8.08. The fraction of sp³-hybridized carbons (Fsp3) is 0.231. The van der Waals surface area contributed by atoms with Crippen LogP contribution in [0.25, 0.3) is 0 Å². The molecule has 0 spiro atoms. The molecule has 0 unspecified atom stereocenters. The van der Waals surface area contributed by atoms with Crippen molar-refractivity contribution < 1.29 is 22.7 Å². The van der Waals surface area contributed by atoms with Crippen molar-refractivity contribution in [3.63, 3.8) is 0 Å². The first-order chi connectivity index (χ1) is 17.6. The van der Waals surface area contributed by atoms with Crippen LogP contribution < -0.4 is 14.4 Å². The summed E-state index contributed by atoms with van der Waals surface area (Å²) in [5, 5.41) is 2.91. The van der Waals surface area contributed by atoms with E-state index in [0.717, 1.165) is 9.87 Å². The van der Waals surface area contributed by atoms with E-state index in [1.807, 2.05) is 0 Å². The van der Waals surface area contributed by atoms with Gasteiger partial charge in [0.2, 0.25) is 11.8 Å². The highest BCUT2D eigenvalue weighted by Gasteiger charge is 2.33. The molecule has 0 radical (unpaired) electrons. The summed E-state index contributed by atoms with van der Waals surface area (Å²) in [6, 6.07) is 18.2. The molecule has 0 aliphatic rings. The molecule has 0 aliphatic heterocycles. The van der Waals surface area contributed by atoms with E-state index in [1.165, 1.54) is 42.3 Å². The van der Waals surface area contributed by atoms with E-state index in [9.17, 15) is 18.0 Å². The van der Waals surface area contributed by atoms with Gasteiger partial charge in [-0.3, -0.25) is 13.9 Å². The molecule has 1 N–H and O–H groups in total. The number of benzene rings is 3. The lowest BCUT2D eigenvalue weighted by molar-refractivity contribution is -0.139. The van der Waals surface area contributed by atoms with Crippen molar-refractivity contribution in [1.29, 1.82) is 0 Å². The Morgan fingerprint density at radius 1 is 1.00 bits per heavy atom. The molecule has 0 bridgehead atoms. The van der Waals surface area contributed by atoms with Crippen LogP contribution in [-0.4, -0.2) is 51.9 Å². The number of amides is 2. The van der Waals surface area contributed by atoms with Gasteiger partial charge in [0.05, 0.1) is 22.7 Å². The standard InChI is InChI=1S/C26H27Cl2N3O5S/c1-18(26(33)29-2)30(16-19-9-12-21(36-3)13-10-19)25(32)17-31(24-14-11-20(27)15-23(24)28)37(34,35)22-7-5-4-6-8-22/h4-15,18H,16-17H2,1-3H3,(H,29,33)/t18-/m1/s1. The van der Waals surface area contributed by atoms with E-state index in [0.29, 0.717) is 10.8 Å². The third-order valence-corrected chi connectivity index (χ3v) is 8.03. The molecule has 8 nitrogen and oxygen atoms in total. The molecule has 0 saturated heterocycles. The molecule has 196 valence electrons. The molecule has 0 aliphatic carbocycles. The van der Waals surface area contributed by atoms with Crippen molar-refractivity contribution in [3.05, 3.63) is 88.4 Å². The lowest BCUT2D eigenvalue weighted by Crippen LogP contribution is -2.50. The number of ether oxygens (including phenoxy) is 1. The predicted molar refractivity (Wildman–Crippen MR) is 145 cm³/mol. The zero-order chi connectivity index (χ0) is 27.2. The van der Waals surface area contributed by atoms with Gasteiger partial charge in [0.25, 0.3) is 10.0 Å². The number of hydrogen-bond acceptors (Lipinski definition) is 5. The highest BCUT2D eigenvalue weighted by atomic mass is 35.5. The maximum atomic E-state index is 13.7. The number of halogens is 2. The van der Waals surface area contributed by atoms with E-state index in [-0.39, 0.29) is 22.2 Å². The van der Waals surface area contributed by atoms with Gasteiger partial charge in [-0.1, -0.05) is 53.5 Å². The minimum absolute atomic E-state index is 0.0186. The summed E-state index contributed by atoms with van der Waals surface area (Å²) in [6.07, 6.45) is 0. The Bertz CT molecular complexity index is 1350. The van der Waals surface area contributed by atoms with Crippen LogP contribution in [0.1, 0.15) is 12.5 Å². The molecule has 0 aromatic heterocycles. The Morgan fingerprint density at radius 2 is 1.65 bits per heavy atom. The van der Waals surface area contributed by atoms with Crippen molar-refractivity contribution in [3.8, 4) is 5.75 Å². The topological polar surface area (TPSA) is 96.0 Å². The van der Waals surface area contributed by atoms with E-state index < -0.39 is 34.4 Å². The van der Waals surface area contributed by atoms with E-state index in [2.05, 4.69) is 5.32 Å². The highest BCUT2D eigenvalue weighted by Crippen LogP contribution is 2.33. The van der Waals surface area contributed by atoms with Gasteiger partial charge < -0.3 is 15.0 Å². The summed E-state index contributed by atoms with van der Waals surface area (Å²) in [5.41, 5.74) is 0.812. The number of methoxy groups -OCH3 is 1. The van der Waals surface area contributed by atoms with Gasteiger partial charge in [-0.2, -0.15) is 0 Å². The number of hydrogen-bond donors (Lipinski definition) is 1. The average molecular weight is 564 g/mol. The summed E-state index contributed by atoms with van der Waals surface area (Å²) in [5.74, 6) is -0.361. The Labute approximate surface area is 226 Å². The summed E-state index contributed by atoms with van der Waals surface area (Å²) < 4.78 is 33.5. The van der Waals surface area contributed by atoms with Gasteiger partial charge in [0, 0.05) is 18.6 Å². The highest BCUT2D eigenvalue weighted by molar-refractivity contribution is 7.92. The zero-order valence-electron chi connectivity index (χ0n) is 20.5. The van der Waals surface area contributed by atoms with Crippen LogP contribution >= 0.6 is 23.2 Å². The SMILES string of the molecule is CNC(=O)[C@@H](C)N(Cc1ccc(OC)cc1)C(=O)CN(c1ccc(Cl)cc1Cl)S(=O)(=O)c1ccccc1. The van der Waals surface area contributed by atoms with Gasteiger partial charge in [-0.05, 0) is 55.0 Å². The lowest BCUT2D eigenvalue weighted by Gasteiger charge is -2.32. The normalized spacial score (nSPS) is 11.9. The van der Waals surface area contributed by atoms with Crippen LogP contribution in [0.2, 0.25) is 10.0 Å². The quantitative estimate of drug-likeness (QED) is 0.395. The van der Waals surface area contributed by atoms with E-state index >= 15 is 0 Å². The first-order valence-corrected chi connectivity index (χ1v) is 13.4. The third kappa shape index (κ3) is 6.74. The molecule has 11 heteroatoms. The van der Waals surface area contributed by atoms with Gasteiger partial charge in [0.15, 0.2) is 0 Å². The number of anilines is 1. The lowest BCUT2D eigenvalue weighted by atomic mass is 10.1. The van der Waals surface area contributed by atoms with Crippen LogP contribution in [0.5, 0.6) is 5.75 Å². The minimum Gasteiger partial charge on any atom is -0.497 e. The smallest absolute Gasteiger partial charge is 0.264 e. The van der Waals surface area contributed by atoms with Gasteiger partial charge in [-0.15, -0.1) is 0 Å². The summed E-state index contributed by atoms with van der Waals surface area (Å²) >= 11 is 12.4. The Morgan fingerprint density at radius 3 is 2.22 bits per heavy atom. The molecule has 3 aromatic carbocycles. The maximum Gasteiger partial charge on any atom is 0.264 e. The number of carbonyl (C=O) groups excluding carboxylic acids is 2. The maximum absolute atomic E-state index is 13.7. The number of sulfonamides is 1. The molecular formula is C26H27Cl2N3O5S. The van der Waals surface area contributed by atoms with Crippen molar-refractivity contribution in [2.75, 3.05) is 25.0 Å². The number of nitrogens with zero attached hydrogens (tertiary/aromatic N) is 2. The number of rotatable bonds is 10. The Kier molecular flexibility index (Phi) is 9.42. The van der Waals surface area contributed by atoms with Gasteiger partial charge in [0.1, 0.15) is 18.3 Å². The molecule has 2 amide bonds. The minimum atomic E-state index is -4.21. The fourth-order valence-corrected chi connectivity index (χ4v) is 5.65. The van der Waals surface area contributed by atoms with E-state index in [1.54, 1.807) is 56.5 Å². The summed E-state index contributed by atoms with van der Waals surface area (Å²) in [4.78, 5) is 27.5. The molecule has 3 rings (SSSR count). The Hall–Kier alpha value is -3.27. The first kappa shape index (κ1) is 28.3. The van der Waals surface area contributed by atoms with Crippen LogP contribution in [0.4, 0.5) is 5.69 Å². The molecular weight excluding hydrogens is 537 g/mol. The van der Waals surface area contributed by atoms with Crippen molar-refractivity contribution >= 4 is 50.7 Å². The van der Waals surface area contributed by atoms with Crippen LogP contribution in [0.15, 0.2) is 77.7 Å². The second-order valence-corrected chi connectivity index (χ2v) is 10.8.